The van der Waals surface area contributed by atoms with E-state index in [9.17, 15) is 0 Å². The zero-order valence-electron chi connectivity index (χ0n) is 29.0. The molecule has 0 aliphatic carbocycles. The molecule has 1 aliphatic heterocycles. The Kier molecular flexibility index (Phi) is 8.75. The van der Waals surface area contributed by atoms with Crippen LogP contribution in [-0.2, 0) is 5.41 Å². The van der Waals surface area contributed by atoms with Gasteiger partial charge in [-0.25, -0.2) is 4.39 Å². The molecule has 2 nitrogen and oxygen atoms in total. The maximum atomic E-state index is 16.9. The number of halogens is 3. The fourth-order valence-corrected chi connectivity index (χ4v) is 8.31. The Labute approximate surface area is 324 Å². The van der Waals surface area contributed by atoms with Crippen LogP contribution in [0.1, 0.15) is 22.3 Å². The van der Waals surface area contributed by atoms with Crippen molar-refractivity contribution in [2.24, 2.45) is 0 Å². The average Bonchev–Trinajstić information content (AvgIpc) is 3.20. The van der Waals surface area contributed by atoms with Gasteiger partial charge in [0.2, 0.25) is 0 Å². The van der Waals surface area contributed by atoms with E-state index in [0.717, 1.165) is 50.3 Å². The lowest BCUT2D eigenvalue weighted by Crippen LogP contribution is -2.34. The van der Waals surface area contributed by atoms with E-state index in [1.807, 2.05) is 115 Å². The van der Waals surface area contributed by atoms with Crippen LogP contribution in [0.4, 0.5) is 21.5 Å². The molecule has 1 heterocycles. The monoisotopic (exact) mass is 739 g/mol. The number of hydrogen-bond acceptors (Lipinski definition) is 2. The van der Waals surface area contributed by atoms with Crippen LogP contribution in [0.2, 0.25) is 10.0 Å². The third-order valence-corrected chi connectivity index (χ3v) is 10.6. The highest BCUT2D eigenvalue weighted by Gasteiger charge is 2.46. The zero-order chi connectivity index (χ0) is 36.6. The fraction of sp³-hybridized carbons (Fsp3) is 0.0204. The maximum Gasteiger partial charge on any atom is 0.132 e. The van der Waals surface area contributed by atoms with Crippen LogP contribution < -0.4 is 9.64 Å². The number of rotatable bonds is 7. The molecule has 260 valence electrons. The molecule has 0 amide bonds. The van der Waals surface area contributed by atoms with Crippen molar-refractivity contribution in [1.82, 2.24) is 0 Å². The van der Waals surface area contributed by atoms with E-state index in [0.29, 0.717) is 32.8 Å². The van der Waals surface area contributed by atoms with E-state index in [1.165, 1.54) is 0 Å². The smallest absolute Gasteiger partial charge is 0.132 e. The van der Waals surface area contributed by atoms with Gasteiger partial charge >= 0.3 is 0 Å². The molecule has 1 aliphatic rings. The van der Waals surface area contributed by atoms with Crippen molar-refractivity contribution >= 4 is 40.3 Å². The molecule has 0 bridgehead atoms. The predicted molar refractivity (Wildman–Crippen MR) is 220 cm³/mol. The van der Waals surface area contributed by atoms with Gasteiger partial charge in [0, 0.05) is 43.7 Å². The van der Waals surface area contributed by atoms with Crippen LogP contribution in [0.25, 0.3) is 22.3 Å². The Morgan fingerprint density at radius 1 is 0.444 bits per heavy atom. The van der Waals surface area contributed by atoms with E-state index in [4.69, 9.17) is 27.9 Å². The van der Waals surface area contributed by atoms with Gasteiger partial charge in [0.15, 0.2) is 0 Å². The summed E-state index contributed by atoms with van der Waals surface area (Å²) in [7, 11) is 0. The molecule has 5 heteroatoms. The Morgan fingerprint density at radius 2 is 0.981 bits per heavy atom. The number of benzene rings is 8. The van der Waals surface area contributed by atoms with Crippen molar-refractivity contribution in [3.63, 3.8) is 0 Å². The lowest BCUT2D eigenvalue weighted by atomic mass is 9.63. The van der Waals surface area contributed by atoms with Crippen LogP contribution in [0.15, 0.2) is 194 Å². The second-order valence-electron chi connectivity index (χ2n) is 13.3. The Balaban J connectivity index is 1.40. The number of anilines is 3. The lowest BCUT2D eigenvalue weighted by molar-refractivity contribution is 0.434. The molecule has 0 spiro atoms. The number of hydrogen-bond donors (Lipinski definition) is 0. The molecule has 0 atom stereocenters. The molecule has 0 saturated heterocycles. The summed E-state index contributed by atoms with van der Waals surface area (Å²) in [6.07, 6.45) is 0. The first-order valence-corrected chi connectivity index (χ1v) is 18.5. The fourth-order valence-electron chi connectivity index (χ4n) is 7.93. The summed E-state index contributed by atoms with van der Waals surface area (Å²) in [5.41, 5.74) is 8.66. The molecular weight excluding hydrogens is 708 g/mol. The van der Waals surface area contributed by atoms with Gasteiger partial charge in [-0.2, -0.15) is 0 Å². The number of nitrogens with zero attached hydrogens (tertiary/aromatic N) is 1. The number of fused-ring (bicyclic) bond motifs is 2. The summed E-state index contributed by atoms with van der Waals surface area (Å²) in [5, 5.41) is 1.14. The highest BCUT2D eigenvalue weighted by Crippen LogP contribution is 2.57. The standard InChI is InChI=1S/C49H32Cl2FNO/c50-37-19-11-18-35(28-37)49(44-24-7-9-26-46(44)54-47-27-10-8-25-45(47)49)36-29-39(52)32-41(30-36)53(40-21-12-20-38(51)31-40)48-42(33-14-3-1-4-15-33)22-13-23-43(48)34-16-5-2-6-17-34/h1-32H. The molecule has 0 aromatic heterocycles. The van der Waals surface area contributed by atoms with Gasteiger partial charge in [-0.1, -0.05) is 157 Å². The van der Waals surface area contributed by atoms with E-state index < -0.39 is 11.2 Å². The van der Waals surface area contributed by atoms with Crippen molar-refractivity contribution in [3.8, 4) is 33.8 Å². The molecule has 0 unspecified atom stereocenters. The summed E-state index contributed by atoms with van der Waals surface area (Å²) < 4.78 is 23.5. The van der Waals surface area contributed by atoms with E-state index >= 15 is 4.39 Å². The maximum absolute atomic E-state index is 16.9. The van der Waals surface area contributed by atoms with Gasteiger partial charge in [0.1, 0.15) is 17.3 Å². The van der Waals surface area contributed by atoms with Crippen molar-refractivity contribution in [2.45, 2.75) is 5.41 Å². The Bertz CT molecular complexity index is 2540. The van der Waals surface area contributed by atoms with Gasteiger partial charge in [-0.3, -0.25) is 0 Å². The Hall–Kier alpha value is -6.13. The van der Waals surface area contributed by atoms with Crippen LogP contribution in [0.5, 0.6) is 11.5 Å². The normalized spacial score (nSPS) is 12.6. The minimum Gasteiger partial charge on any atom is -0.457 e. The second-order valence-corrected chi connectivity index (χ2v) is 14.2. The number of ether oxygens (including phenoxy) is 1. The zero-order valence-corrected chi connectivity index (χ0v) is 30.5. The molecule has 0 saturated carbocycles. The molecule has 0 N–H and O–H groups in total. The van der Waals surface area contributed by atoms with Crippen molar-refractivity contribution in [2.75, 3.05) is 4.90 Å². The van der Waals surface area contributed by atoms with Crippen molar-refractivity contribution in [3.05, 3.63) is 232 Å². The highest BCUT2D eigenvalue weighted by atomic mass is 35.5. The van der Waals surface area contributed by atoms with Gasteiger partial charge in [0.25, 0.3) is 0 Å². The summed E-state index contributed by atoms with van der Waals surface area (Å²) in [6, 6.07) is 63.7. The molecule has 0 fully saturated rings. The molecule has 8 aromatic carbocycles. The van der Waals surface area contributed by atoms with Crippen LogP contribution in [0.3, 0.4) is 0 Å². The van der Waals surface area contributed by atoms with Crippen LogP contribution >= 0.6 is 23.2 Å². The summed E-state index contributed by atoms with van der Waals surface area (Å²) in [5.74, 6) is 0.986. The topological polar surface area (TPSA) is 12.5 Å². The number of para-hydroxylation sites is 3. The molecule has 8 aromatic rings. The van der Waals surface area contributed by atoms with Crippen LogP contribution in [-0.4, -0.2) is 0 Å². The van der Waals surface area contributed by atoms with Crippen LogP contribution in [0, 0.1) is 5.82 Å². The average molecular weight is 741 g/mol. The van der Waals surface area contributed by atoms with E-state index in [-0.39, 0.29) is 0 Å². The van der Waals surface area contributed by atoms with Gasteiger partial charge < -0.3 is 9.64 Å². The molecule has 9 rings (SSSR count). The van der Waals surface area contributed by atoms with E-state index in [2.05, 4.69) is 71.6 Å². The highest BCUT2D eigenvalue weighted by molar-refractivity contribution is 6.31. The largest absolute Gasteiger partial charge is 0.457 e. The first-order chi connectivity index (χ1) is 26.5. The molecule has 0 radical (unpaired) electrons. The second kappa shape index (κ2) is 14.0. The summed E-state index contributed by atoms with van der Waals surface area (Å²) in [4.78, 5) is 2.13. The molecular formula is C49H32Cl2FNO. The first-order valence-electron chi connectivity index (χ1n) is 17.7. The predicted octanol–water partition coefficient (Wildman–Crippen LogP) is 14.4. The SMILES string of the molecule is Fc1cc(N(c2cccc(Cl)c2)c2c(-c3ccccc3)cccc2-c2ccccc2)cc(C2(c3cccc(Cl)c3)c3ccccc3Oc3ccccc32)c1. The van der Waals surface area contributed by atoms with Gasteiger partial charge in [-0.05, 0) is 82.9 Å². The summed E-state index contributed by atoms with van der Waals surface area (Å²) >= 11 is 13.5. The minimum atomic E-state index is -1.01. The summed E-state index contributed by atoms with van der Waals surface area (Å²) in [6.45, 7) is 0. The third-order valence-electron chi connectivity index (χ3n) is 10.1. The third kappa shape index (κ3) is 5.83. The van der Waals surface area contributed by atoms with Crippen molar-refractivity contribution < 1.29 is 9.13 Å². The van der Waals surface area contributed by atoms with Crippen molar-refractivity contribution in [1.29, 1.82) is 0 Å². The molecule has 54 heavy (non-hydrogen) atoms. The van der Waals surface area contributed by atoms with E-state index in [1.54, 1.807) is 12.1 Å². The minimum absolute atomic E-state index is 0.393. The first kappa shape index (κ1) is 33.7. The van der Waals surface area contributed by atoms with Gasteiger partial charge in [0.05, 0.1) is 11.1 Å². The lowest BCUT2D eigenvalue weighted by Gasteiger charge is -2.42. The Morgan fingerprint density at radius 3 is 1.57 bits per heavy atom. The van der Waals surface area contributed by atoms with Gasteiger partial charge in [-0.15, -0.1) is 0 Å². The quantitative estimate of drug-likeness (QED) is 0.161.